The topological polar surface area (TPSA) is 62.2 Å². The molecule has 0 fully saturated rings. The van der Waals surface area contributed by atoms with Gasteiger partial charge in [-0.1, -0.05) is 12.1 Å². The third-order valence-electron chi connectivity index (χ3n) is 3.12. The summed E-state index contributed by atoms with van der Waals surface area (Å²) in [4.78, 5) is 14.9. The van der Waals surface area contributed by atoms with Crippen LogP contribution in [0, 0.1) is 12.7 Å². The molecule has 0 saturated heterocycles. The molecule has 0 aliphatic rings. The van der Waals surface area contributed by atoms with Crippen LogP contribution in [-0.4, -0.2) is 16.1 Å². The number of carboxylic acid groups (broad SMARTS) is 1. The first-order valence-electron chi connectivity index (χ1n) is 6.19. The molecule has 1 atom stereocenters. The van der Waals surface area contributed by atoms with Gasteiger partial charge in [-0.25, -0.2) is 9.18 Å². The van der Waals surface area contributed by atoms with Gasteiger partial charge >= 0.3 is 5.97 Å². The highest BCUT2D eigenvalue weighted by Gasteiger charge is 2.13. The van der Waals surface area contributed by atoms with Crippen molar-refractivity contribution in [2.75, 3.05) is 5.32 Å². The number of nitrogens with one attached hydrogen (secondary N) is 1. The first-order valence-corrected chi connectivity index (χ1v) is 6.19. The van der Waals surface area contributed by atoms with Crippen LogP contribution < -0.4 is 5.32 Å². The van der Waals surface area contributed by atoms with Gasteiger partial charge in [-0.15, -0.1) is 0 Å². The number of aryl methyl sites for hydroxylation is 1. The lowest BCUT2D eigenvalue weighted by Crippen LogP contribution is -2.11. The number of halogens is 1. The maximum Gasteiger partial charge on any atom is 0.339 e. The van der Waals surface area contributed by atoms with E-state index in [2.05, 4.69) is 10.3 Å². The minimum Gasteiger partial charge on any atom is -0.478 e. The number of aromatic nitrogens is 1. The summed E-state index contributed by atoms with van der Waals surface area (Å²) in [5.74, 6) is -1.33. The zero-order valence-electron chi connectivity index (χ0n) is 11.2. The van der Waals surface area contributed by atoms with E-state index in [0.717, 1.165) is 5.56 Å². The quantitative estimate of drug-likeness (QED) is 0.897. The van der Waals surface area contributed by atoms with Crippen LogP contribution >= 0.6 is 0 Å². The fourth-order valence-electron chi connectivity index (χ4n) is 1.89. The molecule has 1 unspecified atom stereocenters. The Morgan fingerprint density at radius 1 is 1.40 bits per heavy atom. The van der Waals surface area contributed by atoms with E-state index in [0.29, 0.717) is 11.3 Å². The monoisotopic (exact) mass is 274 g/mol. The fraction of sp³-hybridized carbons (Fsp3) is 0.200. The maximum atomic E-state index is 13.6. The molecule has 0 spiro atoms. The van der Waals surface area contributed by atoms with Crippen molar-refractivity contribution in [2.45, 2.75) is 19.9 Å². The van der Waals surface area contributed by atoms with E-state index < -0.39 is 5.97 Å². The van der Waals surface area contributed by atoms with Gasteiger partial charge in [0, 0.05) is 18.4 Å². The Hall–Kier alpha value is -2.43. The summed E-state index contributed by atoms with van der Waals surface area (Å²) >= 11 is 0. The molecular weight excluding hydrogens is 259 g/mol. The van der Waals surface area contributed by atoms with Crippen molar-refractivity contribution in [3.8, 4) is 0 Å². The standard InChI is InChI=1S/C15H15FN2O2/c1-9-3-4-11(7-13(9)16)10(2)18-14-5-6-17-8-12(14)15(19)20/h3-8,10H,1-2H3,(H,17,18)(H,19,20). The number of carbonyl (C=O) groups is 1. The zero-order valence-corrected chi connectivity index (χ0v) is 11.2. The molecule has 0 saturated carbocycles. The number of hydrogen-bond donors (Lipinski definition) is 2. The lowest BCUT2D eigenvalue weighted by atomic mass is 10.1. The second-order valence-corrected chi connectivity index (χ2v) is 4.60. The number of pyridine rings is 1. The molecule has 4 nitrogen and oxygen atoms in total. The molecule has 1 heterocycles. The van der Waals surface area contributed by atoms with E-state index in [1.165, 1.54) is 18.5 Å². The van der Waals surface area contributed by atoms with Gasteiger partial charge in [-0.2, -0.15) is 0 Å². The predicted octanol–water partition coefficient (Wildman–Crippen LogP) is 3.40. The van der Waals surface area contributed by atoms with Gasteiger partial charge in [0.05, 0.1) is 5.69 Å². The highest BCUT2D eigenvalue weighted by atomic mass is 19.1. The first kappa shape index (κ1) is 14.0. The molecule has 0 aliphatic heterocycles. The highest BCUT2D eigenvalue weighted by Crippen LogP contribution is 2.23. The van der Waals surface area contributed by atoms with Gasteiger partial charge < -0.3 is 10.4 Å². The van der Waals surface area contributed by atoms with Crippen molar-refractivity contribution >= 4 is 11.7 Å². The van der Waals surface area contributed by atoms with Crippen LogP contribution in [0.5, 0.6) is 0 Å². The van der Waals surface area contributed by atoms with E-state index in [1.54, 1.807) is 19.1 Å². The minimum atomic E-state index is -1.05. The van der Waals surface area contributed by atoms with Crippen molar-refractivity contribution < 1.29 is 14.3 Å². The van der Waals surface area contributed by atoms with Gasteiger partial charge in [0.15, 0.2) is 0 Å². The van der Waals surface area contributed by atoms with Crippen LogP contribution in [0.2, 0.25) is 0 Å². The third-order valence-corrected chi connectivity index (χ3v) is 3.12. The molecule has 2 N–H and O–H groups in total. The van der Waals surface area contributed by atoms with Crippen LogP contribution in [0.1, 0.15) is 34.5 Å². The van der Waals surface area contributed by atoms with E-state index >= 15 is 0 Å². The Bertz CT molecular complexity index is 644. The number of nitrogens with zero attached hydrogens (tertiary/aromatic N) is 1. The van der Waals surface area contributed by atoms with Gasteiger partial charge in [0.25, 0.3) is 0 Å². The second kappa shape index (κ2) is 5.69. The zero-order chi connectivity index (χ0) is 14.7. The Labute approximate surface area is 116 Å². The number of aromatic carboxylic acids is 1. The minimum absolute atomic E-state index is 0.0898. The van der Waals surface area contributed by atoms with Gasteiger partial charge in [0.2, 0.25) is 0 Å². The lowest BCUT2D eigenvalue weighted by Gasteiger charge is -2.17. The van der Waals surface area contributed by atoms with Crippen LogP contribution in [0.4, 0.5) is 10.1 Å². The molecule has 5 heteroatoms. The van der Waals surface area contributed by atoms with Crippen molar-refractivity contribution in [1.29, 1.82) is 0 Å². The summed E-state index contributed by atoms with van der Waals surface area (Å²) < 4.78 is 13.6. The predicted molar refractivity (Wildman–Crippen MR) is 74.4 cm³/mol. The van der Waals surface area contributed by atoms with E-state index in [4.69, 9.17) is 5.11 Å². The molecule has 0 amide bonds. The van der Waals surface area contributed by atoms with Crippen molar-refractivity contribution in [1.82, 2.24) is 4.98 Å². The maximum absolute atomic E-state index is 13.6. The Balaban J connectivity index is 2.25. The smallest absolute Gasteiger partial charge is 0.339 e. The van der Waals surface area contributed by atoms with Crippen molar-refractivity contribution in [3.05, 3.63) is 59.2 Å². The normalized spacial score (nSPS) is 11.9. The summed E-state index contributed by atoms with van der Waals surface area (Å²) in [5.41, 5.74) is 1.88. The number of hydrogen-bond acceptors (Lipinski definition) is 3. The first-order chi connectivity index (χ1) is 9.49. The summed E-state index contributed by atoms with van der Waals surface area (Å²) in [6, 6.07) is 6.34. The molecule has 0 bridgehead atoms. The molecule has 0 aliphatic carbocycles. The second-order valence-electron chi connectivity index (χ2n) is 4.60. The molecule has 0 radical (unpaired) electrons. The third kappa shape index (κ3) is 2.93. The van der Waals surface area contributed by atoms with Gasteiger partial charge in [0.1, 0.15) is 11.4 Å². The molecular formula is C15H15FN2O2. The average molecular weight is 274 g/mol. The Morgan fingerprint density at radius 3 is 2.80 bits per heavy atom. The van der Waals surface area contributed by atoms with E-state index in [9.17, 15) is 9.18 Å². The number of anilines is 1. The highest BCUT2D eigenvalue weighted by molar-refractivity contribution is 5.93. The van der Waals surface area contributed by atoms with E-state index in [-0.39, 0.29) is 17.4 Å². The van der Waals surface area contributed by atoms with Crippen LogP contribution in [0.15, 0.2) is 36.7 Å². The summed E-state index contributed by atoms with van der Waals surface area (Å²) in [6.07, 6.45) is 2.80. The van der Waals surface area contributed by atoms with Gasteiger partial charge in [-0.05, 0) is 37.1 Å². The molecule has 20 heavy (non-hydrogen) atoms. The average Bonchev–Trinajstić information content (AvgIpc) is 2.42. The van der Waals surface area contributed by atoms with Crippen LogP contribution in [-0.2, 0) is 0 Å². The molecule has 104 valence electrons. The Morgan fingerprint density at radius 2 is 2.15 bits per heavy atom. The summed E-state index contributed by atoms with van der Waals surface area (Å²) in [7, 11) is 0. The Kier molecular flexibility index (Phi) is 3.98. The van der Waals surface area contributed by atoms with Crippen LogP contribution in [0.25, 0.3) is 0 Å². The summed E-state index contributed by atoms with van der Waals surface area (Å²) in [6.45, 7) is 3.54. The number of benzene rings is 1. The van der Waals surface area contributed by atoms with Gasteiger partial charge in [-0.3, -0.25) is 4.98 Å². The van der Waals surface area contributed by atoms with Crippen molar-refractivity contribution in [2.24, 2.45) is 0 Å². The number of carboxylic acids is 1. The summed E-state index contributed by atoms with van der Waals surface area (Å²) in [5, 5.41) is 12.2. The number of rotatable bonds is 4. The molecule has 1 aromatic carbocycles. The lowest BCUT2D eigenvalue weighted by molar-refractivity contribution is 0.0697. The molecule has 1 aromatic heterocycles. The van der Waals surface area contributed by atoms with Crippen LogP contribution in [0.3, 0.4) is 0 Å². The molecule has 2 aromatic rings. The van der Waals surface area contributed by atoms with Crippen molar-refractivity contribution in [3.63, 3.8) is 0 Å². The SMILES string of the molecule is Cc1ccc(C(C)Nc2ccncc2C(=O)O)cc1F. The van der Waals surface area contributed by atoms with E-state index in [1.807, 2.05) is 13.0 Å². The fourth-order valence-corrected chi connectivity index (χ4v) is 1.89. The molecule has 2 rings (SSSR count). The largest absolute Gasteiger partial charge is 0.478 e.